The molecule has 0 heterocycles. The van der Waals surface area contributed by atoms with Crippen molar-refractivity contribution in [1.29, 1.82) is 0 Å². The fraction of sp³-hybridized carbons (Fsp3) is 0.700. The summed E-state index contributed by atoms with van der Waals surface area (Å²) in [4.78, 5) is 63.4. The first-order valence-corrected chi connectivity index (χ1v) is 13.7. The first-order valence-electron chi connectivity index (χ1n) is 13.7. The molecule has 0 aromatic heterocycles. The van der Waals surface area contributed by atoms with E-state index in [0.29, 0.717) is 5.57 Å². The maximum absolute atomic E-state index is 13.9. The largest absolute Gasteiger partial charge is 0.462 e. The fourth-order valence-corrected chi connectivity index (χ4v) is 5.67. The van der Waals surface area contributed by atoms with Crippen LogP contribution in [-0.2, 0) is 42.9 Å². The van der Waals surface area contributed by atoms with Crippen LogP contribution in [0.25, 0.3) is 0 Å². The highest BCUT2D eigenvalue weighted by atomic mass is 16.6. The van der Waals surface area contributed by atoms with Gasteiger partial charge in [0.15, 0.2) is 18.0 Å². The Labute approximate surface area is 236 Å². The van der Waals surface area contributed by atoms with E-state index in [4.69, 9.17) is 18.9 Å². The monoisotopic (exact) mass is 564 g/mol. The van der Waals surface area contributed by atoms with Crippen LogP contribution in [0.5, 0.6) is 0 Å². The molecule has 0 aromatic rings. The second-order valence-electron chi connectivity index (χ2n) is 12.1. The second-order valence-corrected chi connectivity index (χ2v) is 12.1. The number of esters is 4. The number of allylic oxidation sites excluding steroid dienone is 1. The quantitative estimate of drug-likeness (QED) is 0.299. The number of hydrogen-bond donors (Lipinski definition) is 1. The van der Waals surface area contributed by atoms with Gasteiger partial charge in [-0.25, -0.2) is 0 Å². The zero-order valence-electron chi connectivity index (χ0n) is 25.2. The van der Waals surface area contributed by atoms with E-state index >= 15 is 0 Å². The van der Waals surface area contributed by atoms with Crippen LogP contribution < -0.4 is 0 Å². The van der Waals surface area contributed by atoms with E-state index < -0.39 is 88.8 Å². The molecule has 8 unspecified atom stereocenters. The molecule has 1 saturated carbocycles. The lowest BCUT2D eigenvalue weighted by atomic mass is 9.74. The molecule has 224 valence electrons. The number of ketones is 1. The zero-order valence-corrected chi connectivity index (χ0v) is 25.2. The first kappa shape index (κ1) is 33.2. The van der Waals surface area contributed by atoms with Gasteiger partial charge in [0.1, 0.15) is 17.8 Å². The van der Waals surface area contributed by atoms with Crippen LogP contribution in [-0.4, -0.2) is 64.8 Å². The van der Waals surface area contributed by atoms with Gasteiger partial charge in [0.05, 0.1) is 11.8 Å². The summed E-state index contributed by atoms with van der Waals surface area (Å²) in [6.07, 6.45) is 0.436. The molecule has 1 N–H and O–H groups in total. The summed E-state index contributed by atoms with van der Waals surface area (Å²) in [6.45, 7) is 15.5. The first-order chi connectivity index (χ1) is 18.3. The molecule has 0 aliphatic heterocycles. The van der Waals surface area contributed by atoms with Crippen LogP contribution in [0.1, 0.15) is 75.7 Å². The molecule has 10 nitrogen and oxygen atoms in total. The Bertz CT molecular complexity index is 1070. The Morgan fingerprint density at radius 2 is 1.50 bits per heavy atom. The van der Waals surface area contributed by atoms with Gasteiger partial charge in [0.25, 0.3) is 0 Å². The third-order valence-electron chi connectivity index (χ3n) is 7.60. The number of rotatable bonds is 5. The number of fused-ring (bicyclic) bond motifs is 1. The average molecular weight is 565 g/mol. The standard InChI is InChI=1S/C30H44O10/c1-15(2)28(35)40-24-17(4)13-22(37-19(6)31)27(39-21(8)33)29(9,10)12-11-16(3)26(34)30(36)14-18(5)25(23(24)30)38-20(7)32/h11-13,15-16,18,22-25,27,36H,14H2,1-10H3. The SMILES string of the molecule is CC(=O)OC1C=C(C)C(OC(=O)C(C)C)C2C(OC(C)=O)C(C)CC2(O)C(=O)C(C)C=CC(C)(C)C1OC(C)=O. The van der Waals surface area contributed by atoms with Gasteiger partial charge in [0, 0.05) is 32.1 Å². The van der Waals surface area contributed by atoms with Crippen molar-refractivity contribution < 1.29 is 48.0 Å². The summed E-state index contributed by atoms with van der Waals surface area (Å²) >= 11 is 0. The van der Waals surface area contributed by atoms with Crippen LogP contribution in [0.4, 0.5) is 0 Å². The number of carbonyl (C=O) groups is 5. The van der Waals surface area contributed by atoms with Crippen molar-refractivity contribution in [3.8, 4) is 0 Å². The molecule has 0 amide bonds. The predicted molar refractivity (Wildman–Crippen MR) is 144 cm³/mol. The lowest BCUT2D eigenvalue weighted by Crippen LogP contribution is -2.54. The predicted octanol–water partition coefficient (Wildman–Crippen LogP) is 3.48. The van der Waals surface area contributed by atoms with Gasteiger partial charge >= 0.3 is 23.9 Å². The van der Waals surface area contributed by atoms with E-state index in [2.05, 4.69) is 0 Å². The molecule has 2 aliphatic carbocycles. The molecule has 0 spiro atoms. The summed E-state index contributed by atoms with van der Waals surface area (Å²) in [5, 5.41) is 12.1. The van der Waals surface area contributed by atoms with Crippen LogP contribution in [0, 0.1) is 29.1 Å². The zero-order chi connectivity index (χ0) is 30.7. The smallest absolute Gasteiger partial charge is 0.308 e. The molecule has 40 heavy (non-hydrogen) atoms. The molecule has 10 heteroatoms. The highest BCUT2D eigenvalue weighted by molar-refractivity contribution is 5.91. The lowest BCUT2D eigenvalue weighted by molar-refractivity contribution is -0.174. The van der Waals surface area contributed by atoms with Gasteiger partial charge < -0.3 is 24.1 Å². The van der Waals surface area contributed by atoms with Crippen molar-refractivity contribution in [2.45, 2.75) is 106 Å². The Morgan fingerprint density at radius 1 is 0.950 bits per heavy atom. The maximum atomic E-state index is 13.9. The van der Waals surface area contributed by atoms with Gasteiger partial charge in [-0.3, -0.25) is 24.0 Å². The van der Waals surface area contributed by atoms with Gasteiger partial charge in [-0.2, -0.15) is 0 Å². The molecule has 2 rings (SSSR count). The third-order valence-corrected chi connectivity index (χ3v) is 7.60. The minimum atomic E-state index is -2.02. The van der Waals surface area contributed by atoms with Crippen LogP contribution >= 0.6 is 0 Å². The second kappa shape index (κ2) is 12.7. The summed E-state index contributed by atoms with van der Waals surface area (Å²) in [6, 6.07) is 0. The van der Waals surface area contributed by atoms with Gasteiger partial charge in [-0.05, 0) is 30.9 Å². The molecular formula is C30H44O10. The summed E-state index contributed by atoms with van der Waals surface area (Å²) in [5.74, 6) is -5.97. The summed E-state index contributed by atoms with van der Waals surface area (Å²) in [5.41, 5.74) is -2.63. The summed E-state index contributed by atoms with van der Waals surface area (Å²) in [7, 11) is 0. The molecule has 0 bridgehead atoms. The normalized spacial score (nSPS) is 34.0. The molecule has 0 radical (unpaired) electrons. The fourth-order valence-electron chi connectivity index (χ4n) is 5.67. The van der Waals surface area contributed by atoms with E-state index in [-0.39, 0.29) is 6.42 Å². The van der Waals surface area contributed by atoms with Gasteiger partial charge in [0.2, 0.25) is 0 Å². The molecule has 0 saturated heterocycles. The lowest BCUT2D eigenvalue weighted by Gasteiger charge is -2.40. The van der Waals surface area contributed by atoms with Crippen LogP contribution in [0.15, 0.2) is 23.8 Å². The van der Waals surface area contributed by atoms with E-state index in [1.54, 1.807) is 60.6 Å². The van der Waals surface area contributed by atoms with E-state index in [1.165, 1.54) is 26.8 Å². The van der Waals surface area contributed by atoms with E-state index in [9.17, 15) is 29.1 Å². The van der Waals surface area contributed by atoms with E-state index in [0.717, 1.165) is 0 Å². The number of hydrogen-bond acceptors (Lipinski definition) is 10. The number of ether oxygens (including phenoxy) is 4. The Kier molecular flexibility index (Phi) is 10.5. The minimum Gasteiger partial charge on any atom is -0.462 e. The van der Waals surface area contributed by atoms with Gasteiger partial charge in [-0.15, -0.1) is 0 Å². The van der Waals surface area contributed by atoms with Crippen molar-refractivity contribution in [3.05, 3.63) is 23.8 Å². The van der Waals surface area contributed by atoms with Crippen molar-refractivity contribution in [2.75, 3.05) is 0 Å². The Balaban J connectivity index is 2.93. The third kappa shape index (κ3) is 7.38. The molecule has 0 aromatic carbocycles. The molecule has 2 aliphatic rings. The maximum Gasteiger partial charge on any atom is 0.308 e. The number of Topliss-reactive ketones (excluding diaryl/α,β-unsaturated/α-hetero) is 1. The minimum absolute atomic E-state index is 0.0253. The Morgan fingerprint density at radius 3 is 2.00 bits per heavy atom. The van der Waals surface area contributed by atoms with Crippen LogP contribution in [0.2, 0.25) is 0 Å². The highest BCUT2D eigenvalue weighted by Gasteiger charge is 2.61. The van der Waals surface area contributed by atoms with Crippen molar-refractivity contribution in [2.24, 2.45) is 29.1 Å². The molecule has 8 atom stereocenters. The van der Waals surface area contributed by atoms with Crippen molar-refractivity contribution in [1.82, 2.24) is 0 Å². The van der Waals surface area contributed by atoms with E-state index in [1.807, 2.05) is 0 Å². The average Bonchev–Trinajstić information content (AvgIpc) is 3.06. The van der Waals surface area contributed by atoms with Crippen molar-refractivity contribution >= 4 is 29.7 Å². The molecular weight excluding hydrogens is 520 g/mol. The van der Waals surface area contributed by atoms with Crippen molar-refractivity contribution in [3.63, 3.8) is 0 Å². The number of carbonyl (C=O) groups excluding carboxylic acids is 5. The topological polar surface area (TPSA) is 143 Å². The highest BCUT2D eigenvalue weighted by Crippen LogP contribution is 2.48. The van der Waals surface area contributed by atoms with Crippen LogP contribution in [0.3, 0.4) is 0 Å². The van der Waals surface area contributed by atoms with Gasteiger partial charge in [-0.1, -0.05) is 53.7 Å². The summed E-state index contributed by atoms with van der Waals surface area (Å²) < 4.78 is 22.9. The Hall–Kier alpha value is -3.01. The number of aliphatic hydroxyl groups is 1. The molecule has 1 fully saturated rings.